The zero-order chi connectivity index (χ0) is 93.6. The molecule has 0 amide bonds. The molecule has 19 aromatic carbocycles. The standard InChI is InChI=1S/C69H54N2O2.C53H42N2O2.C8H7Br/c1-69(2)63-19-11-10-18-59(63)60-35-34-56(42-64(60)69)70(53-30-23-48(24-31-53)47-12-4-3-5-13-47)54-32-25-49(26-33-54)50-27-37-66-62(39-50)61-38-46(44-73-68-41-52-15-7-9-17-58(52)68)22-36-65(61)71(66)55-28-20-45(21-29-55)43-72-67-40-51-14-6-8-16-57(51)67;1-53(2)49-11-7-6-10-45(49)46-27-26-44(32-50(46)53)54(41-22-15-38(16-23-41)37-8-4-3-5-9-37)42-24-17-39(18-25-42)40-19-29-52-48(31-40)47-30-36(34-57)14-28-51(47)55(52)43-20-12-35(33-56)13-21-43;9-8-5-6-3-1-2-4-7(6)8/h3-39,42,67-68H,40-41,43-44H2,1-2H3;3-32,56-57H,33-34H2,1-2H3;1-4,8H,5H2. The van der Waals surface area contributed by atoms with Crippen molar-refractivity contribution in [2.75, 3.05) is 9.80 Å². The van der Waals surface area contributed by atoms with Crippen LogP contribution in [0.2, 0.25) is 0 Å². The van der Waals surface area contributed by atoms with Gasteiger partial charge in [0.2, 0.25) is 0 Å². The average molecular weight is 1870 g/mol. The van der Waals surface area contributed by atoms with Crippen LogP contribution >= 0.6 is 15.9 Å². The van der Waals surface area contributed by atoms with Gasteiger partial charge in [0.15, 0.2) is 0 Å². The van der Waals surface area contributed by atoms with E-state index < -0.39 is 0 Å². The zero-order valence-electron chi connectivity index (χ0n) is 78.1. The van der Waals surface area contributed by atoms with E-state index >= 15 is 0 Å². The molecule has 0 saturated carbocycles. The lowest BCUT2D eigenvalue weighted by molar-refractivity contribution is 0.0244. The molecule has 2 heterocycles. The van der Waals surface area contributed by atoms with Crippen molar-refractivity contribution < 1.29 is 19.7 Å². The lowest BCUT2D eigenvalue weighted by Gasteiger charge is -2.30. The van der Waals surface area contributed by atoms with Crippen molar-refractivity contribution in [3.8, 4) is 78.1 Å². The highest BCUT2D eigenvalue weighted by Gasteiger charge is 2.39. The van der Waals surface area contributed by atoms with Crippen molar-refractivity contribution >= 4 is 93.7 Å². The van der Waals surface area contributed by atoms with Crippen molar-refractivity contribution in [3.05, 3.63) is 515 Å². The van der Waals surface area contributed by atoms with Crippen molar-refractivity contribution in [3.63, 3.8) is 0 Å². The van der Waals surface area contributed by atoms with E-state index in [4.69, 9.17) is 9.47 Å². The quantitative estimate of drug-likeness (QED) is 0.0741. The van der Waals surface area contributed by atoms with Crippen molar-refractivity contribution in [2.45, 2.75) is 101 Å². The number of aliphatic hydroxyl groups is 2. The zero-order valence-corrected chi connectivity index (χ0v) is 79.7. The number of alkyl halides is 1. The molecule has 8 nitrogen and oxygen atoms in total. The van der Waals surface area contributed by atoms with Gasteiger partial charge in [-0.05, 0) is 297 Å². The summed E-state index contributed by atoms with van der Waals surface area (Å²) in [6.07, 6.45) is 3.46. The Morgan fingerprint density at radius 3 is 0.978 bits per heavy atom. The van der Waals surface area contributed by atoms with E-state index in [-0.39, 0.29) is 36.3 Å². The molecule has 0 aliphatic heterocycles. The largest absolute Gasteiger partial charge is 0.392 e. The first-order valence-corrected chi connectivity index (χ1v) is 49.4. The molecular weight excluding hydrogens is 1760 g/mol. The SMILES string of the molecule is BrC1Cc2ccccc21.CC1(C)c2ccccc2-c2ccc(N(c3ccc(-c4ccccc4)cc3)c3ccc(-c4ccc5c(c4)c4cc(CO)ccc4n5-c4ccc(CO)cc4)cc3)cc21.CC1(C)c2ccccc2-c2ccc(N(c3ccc(-c4ccccc4)cc3)c3ccc(-c4ccc5c(c4)c4cc(COC6Cc7ccccc76)ccc4n5-c4ccc(COC5Cc6ccccc65)cc4)cc3)cc21. The molecule has 9 heteroatoms. The van der Waals surface area contributed by atoms with E-state index in [1.807, 2.05) is 18.2 Å². The van der Waals surface area contributed by atoms with E-state index in [9.17, 15) is 10.2 Å². The molecule has 2 N–H and O–H groups in total. The minimum absolute atomic E-state index is 0.00798. The highest BCUT2D eigenvalue weighted by Crippen LogP contribution is 2.54. The first kappa shape index (κ1) is 86.5. The van der Waals surface area contributed by atoms with Gasteiger partial charge in [0.05, 0.1) is 60.7 Å². The Bertz CT molecular complexity index is 8250. The maximum absolute atomic E-state index is 10.1. The number of rotatable bonds is 20. The Morgan fingerprint density at radius 1 is 0.266 bits per heavy atom. The fourth-order valence-corrected chi connectivity index (χ4v) is 22.9. The predicted octanol–water partition coefficient (Wildman–Crippen LogP) is 33.1. The van der Waals surface area contributed by atoms with Crippen LogP contribution in [0.1, 0.15) is 123 Å². The summed E-state index contributed by atoms with van der Waals surface area (Å²) < 4.78 is 17.6. The smallest absolute Gasteiger partial charge is 0.0872 e. The number of anilines is 6. The van der Waals surface area contributed by atoms with Gasteiger partial charge in [-0.3, -0.25) is 0 Å². The second kappa shape index (κ2) is 36.0. The van der Waals surface area contributed by atoms with Crippen molar-refractivity contribution in [1.29, 1.82) is 0 Å². The summed E-state index contributed by atoms with van der Waals surface area (Å²) in [6.45, 7) is 10.5. The summed E-state index contributed by atoms with van der Waals surface area (Å²) in [6, 6.07) is 158. The molecule has 3 atom stereocenters. The number of nitrogens with zero attached hydrogens (tertiary/aromatic N) is 4. The molecule has 5 aliphatic carbocycles. The number of fused-ring (bicyclic) bond motifs is 15. The van der Waals surface area contributed by atoms with Crippen molar-refractivity contribution in [2.24, 2.45) is 0 Å². The van der Waals surface area contributed by atoms with Crippen LogP contribution in [0.25, 0.3) is 122 Å². The van der Waals surface area contributed by atoms with E-state index in [1.54, 1.807) is 0 Å². The normalized spacial score (nSPS) is 15.0. The molecule has 2 aromatic heterocycles. The molecule has 0 fully saturated rings. The first-order chi connectivity index (χ1) is 68.2. The van der Waals surface area contributed by atoms with Gasteiger partial charge < -0.3 is 38.6 Å². The molecule has 0 bridgehead atoms. The highest BCUT2D eigenvalue weighted by atomic mass is 79.9. The first-order valence-electron chi connectivity index (χ1n) is 48.5. The van der Waals surface area contributed by atoms with Gasteiger partial charge in [-0.15, -0.1) is 0 Å². The molecule has 21 aromatic rings. The summed E-state index contributed by atoms with van der Waals surface area (Å²) in [5, 5.41) is 24.4. The molecule has 0 saturated heterocycles. The van der Waals surface area contributed by atoms with Gasteiger partial charge >= 0.3 is 0 Å². The Balaban J connectivity index is 0.000000142. The summed E-state index contributed by atoms with van der Waals surface area (Å²) >= 11 is 3.56. The van der Waals surface area contributed by atoms with Gasteiger partial charge in [-0.25, -0.2) is 0 Å². The minimum atomic E-state index is -0.117. The van der Waals surface area contributed by atoms with Gasteiger partial charge in [0.1, 0.15) is 0 Å². The number of hydrogen-bond donors (Lipinski definition) is 2. The van der Waals surface area contributed by atoms with Gasteiger partial charge in [-0.1, -0.05) is 335 Å². The summed E-state index contributed by atoms with van der Waals surface area (Å²) in [5.41, 5.74) is 45.6. The van der Waals surface area contributed by atoms with Crippen LogP contribution in [-0.2, 0) is 66.0 Å². The van der Waals surface area contributed by atoms with Crippen LogP contribution in [0.3, 0.4) is 0 Å². The molecular formula is C130H103BrN4O4. The predicted molar refractivity (Wildman–Crippen MR) is 577 cm³/mol. The van der Waals surface area contributed by atoms with Gasteiger partial charge in [-0.2, -0.15) is 0 Å². The molecule has 0 radical (unpaired) electrons. The van der Waals surface area contributed by atoms with Crippen LogP contribution < -0.4 is 9.80 Å². The molecule has 26 rings (SSSR count). The fourth-order valence-electron chi connectivity index (χ4n) is 22.1. The number of aliphatic hydroxyl groups excluding tert-OH is 2. The van der Waals surface area contributed by atoms with E-state index in [0.717, 1.165) is 108 Å². The number of ether oxygens (including phenoxy) is 2. The summed E-state index contributed by atoms with van der Waals surface area (Å²) in [5.74, 6) is 0. The van der Waals surface area contributed by atoms with E-state index in [0.29, 0.717) is 18.0 Å². The Hall–Kier alpha value is -15.3. The summed E-state index contributed by atoms with van der Waals surface area (Å²) in [4.78, 5) is 5.41. The molecule has 139 heavy (non-hydrogen) atoms. The lowest BCUT2D eigenvalue weighted by Crippen LogP contribution is -2.19. The number of hydrogen-bond acceptors (Lipinski definition) is 6. The summed E-state index contributed by atoms with van der Waals surface area (Å²) in [7, 11) is 0. The Kier molecular flexibility index (Phi) is 22.4. The van der Waals surface area contributed by atoms with Crippen LogP contribution in [-0.4, -0.2) is 19.3 Å². The topological polar surface area (TPSA) is 75.3 Å². The Labute approximate surface area is 820 Å². The molecule has 0 spiro atoms. The second-order valence-corrected chi connectivity index (χ2v) is 39.8. The van der Waals surface area contributed by atoms with E-state index in [2.05, 4.69) is 481 Å². The molecule has 5 aliphatic rings. The van der Waals surface area contributed by atoms with Crippen LogP contribution in [0, 0.1) is 0 Å². The third-order valence-corrected chi connectivity index (χ3v) is 30.6. The minimum Gasteiger partial charge on any atom is -0.392 e. The lowest BCUT2D eigenvalue weighted by atomic mass is 9.82. The third-order valence-electron chi connectivity index (χ3n) is 29.8. The van der Waals surface area contributed by atoms with Gasteiger partial charge in [0.25, 0.3) is 0 Å². The number of benzene rings is 19. The van der Waals surface area contributed by atoms with E-state index in [1.165, 1.54) is 145 Å². The highest BCUT2D eigenvalue weighted by molar-refractivity contribution is 9.09. The molecule has 3 unspecified atom stereocenters. The Morgan fingerprint density at radius 2 is 0.576 bits per heavy atom. The van der Waals surface area contributed by atoms with Gasteiger partial charge in [0, 0.05) is 95.5 Å². The molecule has 674 valence electrons. The maximum Gasteiger partial charge on any atom is 0.0872 e. The van der Waals surface area contributed by atoms with Crippen LogP contribution in [0.4, 0.5) is 34.1 Å². The third kappa shape index (κ3) is 15.9. The van der Waals surface area contributed by atoms with Crippen molar-refractivity contribution in [1.82, 2.24) is 9.13 Å². The number of aromatic nitrogens is 2. The maximum atomic E-state index is 10.1. The fraction of sp³-hybridized carbons (Fsp3) is 0.123. The number of halogens is 1. The van der Waals surface area contributed by atoms with Crippen LogP contribution in [0.5, 0.6) is 0 Å². The van der Waals surface area contributed by atoms with Crippen LogP contribution in [0.15, 0.2) is 437 Å². The average Bonchev–Trinajstić information content (AvgIpc) is 1.61. The monoisotopic (exact) mass is 1860 g/mol. The second-order valence-electron chi connectivity index (χ2n) is 38.7.